The second-order valence-corrected chi connectivity index (χ2v) is 9.17. The van der Waals surface area contributed by atoms with Crippen LogP contribution in [0.15, 0.2) is 29.3 Å². The average molecular weight is 545 g/mol. The molecule has 0 atom stereocenters. The predicted octanol–water partition coefficient (Wildman–Crippen LogP) is 4.06. The van der Waals surface area contributed by atoms with Crippen molar-refractivity contribution in [3.05, 3.63) is 35.4 Å². The molecular weight excluding hydrogens is 507 g/mol. The van der Waals surface area contributed by atoms with Gasteiger partial charge in [-0.25, -0.2) is 4.99 Å². The standard InChI is InChI=1S/C23H36N4OS.HI/c1-3-18-7-5-6-8-20(18)17-25-23(24-4-2)26-21-11-9-19(10-12-21)22(28)27-13-15-29-16-14-27;/h5-8,19,21H,3-4,9-17H2,1-2H3,(H2,24,25,26);1H. The fourth-order valence-electron chi connectivity index (χ4n) is 4.26. The van der Waals surface area contributed by atoms with Gasteiger partial charge in [0.25, 0.3) is 0 Å². The van der Waals surface area contributed by atoms with Gasteiger partial charge in [0.15, 0.2) is 5.96 Å². The minimum absolute atomic E-state index is 0. The van der Waals surface area contributed by atoms with Gasteiger partial charge >= 0.3 is 0 Å². The lowest BCUT2D eigenvalue weighted by atomic mass is 9.85. The molecule has 1 aromatic carbocycles. The first-order valence-electron chi connectivity index (χ1n) is 11.2. The molecular formula is C23H37IN4OS. The van der Waals surface area contributed by atoms with E-state index in [1.807, 2.05) is 11.8 Å². The van der Waals surface area contributed by atoms with Crippen molar-refractivity contribution in [3.8, 4) is 0 Å². The van der Waals surface area contributed by atoms with Gasteiger partial charge in [0.2, 0.25) is 5.91 Å². The Bertz CT molecular complexity index is 686. The van der Waals surface area contributed by atoms with Gasteiger partial charge in [-0.15, -0.1) is 24.0 Å². The Kier molecular flexibility index (Phi) is 11.3. The van der Waals surface area contributed by atoms with E-state index in [4.69, 9.17) is 4.99 Å². The fraction of sp³-hybridized carbons (Fsp3) is 0.652. The maximum atomic E-state index is 12.8. The number of rotatable bonds is 6. The number of hydrogen-bond donors (Lipinski definition) is 2. The molecule has 1 aromatic rings. The number of halogens is 1. The third-order valence-electron chi connectivity index (χ3n) is 5.99. The van der Waals surface area contributed by atoms with Crippen LogP contribution in [0.5, 0.6) is 0 Å². The molecule has 5 nitrogen and oxygen atoms in total. The van der Waals surface area contributed by atoms with E-state index in [0.29, 0.717) is 18.5 Å². The van der Waals surface area contributed by atoms with E-state index >= 15 is 0 Å². The molecule has 1 heterocycles. The highest BCUT2D eigenvalue weighted by Gasteiger charge is 2.30. The van der Waals surface area contributed by atoms with Gasteiger partial charge < -0.3 is 15.5 Å². The number of guanidine groups is 1. The zero-order valence-electron chi connectivity index (χ0n) is 18.4. The van der Waals surface area contributed by atoms with Crippen molar-refractivity contribution in [2.75, 3.05) is 31.1 Å². The number of nitrogens with zero attached hydrogens (tertiary/aromatic N) is 2. The van der Waals surface area contributed by atoms with Gasteiger partial charge in [0.1, 0.15) is 0 Å². The number of amides is 1. The summed E-state index contributed by atoms with van der Waals surface area (Å²) >= 11 is 1.96. The van der Waals surface area contributed by atoms with Gasteiger partial charge in [-0.1, -0.05) is 31.2 Å². The van der Waals surface area contributed by atoms with Crippen molar-refractivity contribution in [3.63, 3.8) is 0 Å². The van der Waals surface area contributed by atoms with Crippen molar-refractivity contribution in [2.45, 2.75) is 58.5 Å². The first-order chi connectivity index (χ1) is 14.2. The second kappa shape index (κ2) is 13.5. The van der Waals surface area contributed by atoms with Crippen LogP contribution in [0.2, 0.25) is 0 Å². The number of hydrogen-bond acceptors (Lipinski definition) is 3. The van der Waals surface area contributed by atoms with Crippen LogP contribution in [0.1, 0.15) is 50.7 Å². The number of carbonyl (C=O) groups excluding carboxylic acids is 1. The van der Waals surface area contributed by atoms with Gasteiger partial charge in [-0.3, -0.25) is 4.79 Å². The zero-order chi connectivity index (χ0) is 20.5. The molecule has 3 rings (SSSR count). The van der Waals surface area contributed by atoms with Crippen LogP contribution < -0.4 is 10.6 Å². The highest BCUT2D eigenvalue weighted by Crippen LogP contribution is 2.27. The molecule has 1 aliphatic heterocycles. The molecule has 1 saturated heterocycles. The van der Waals surface area contributed by atoms with E-state index in [1.165, 1.54) is 11.1 Å². The molecule has 2 N–H and O–H groups in total. The van der Waals surface area contributed by atoms with Crippen molar-refractivity contribution < 1.29 is 4.79 Å². The third-order valence-corrected chi connectivity index (χ3v) is 6.93. The average Bonchev–Trinajstić information content (AvgIpc) is 2.78. The molecule has 168 valence electrons. The monoisotopic (exact) mass is 544 g/mol. The van der Waals surface area contributed by atoms with Crippen LogP contribution >= 0.6 is 35.7 Å². The molecule has 1 amide bonds. The molecule has 0 radical (unpaired) electrons. The van der Waals surface area contributed by atoms with Crippen molar-refractivity contribution in [1.29, 1.82) is 0 Å². The largest absolute Gasteiger partial charge is 0.357 e. The lowest BCUT2D eigenvalue weighted by Gasteiger charge is -2.34. The van der Waals surface area contributed by atoms with Crippen molar-refractivity contribution in [1.82, 2.24) is 15.5 Å². The topological polar surface area (TPSA) is 56.7 Å². The fourth-order valence-corrected chi connectivity index (χ4v) is 5.16. The highest BCUT2D eigenvalue weighted by atomic mass is 127. The van der Waals surface area contributed by atoms with Crippen molar-refractivity contribution >= 4 is 47.6 Å². The first-order valence-corrected chi connectivity index (χ1v) is 12.3. The normalized spacial score (nSPS) is 22.2. The summed E-state index contributed by atoms with van der Waals surface area (Å²) in [5, 5.41) is 7.00. The minimum atomic E-state index is 0. The summed E-state index contributed by atoms with van der Waals surface area (Å²) in [6.45, 7) is 7.69. The van der Waals surface area contributed by atoms with E-state index in [1.54, 1.807) is 0 Å². The molecule has 0 bridgehead atoms. The summed E-state index contributed by atoms with van der Waals surface area (Å²) in [5.41, 5.74) is 2.66. The Hall–Kier alpha value is -0.960. The Morgan fingerprint density at radius 3 is 2.40 bits per heavy atom. The van der Waals surface area contributed by atoms with Crippen LogP contribution in [0.3, 0.4) is 0 Å². The molecule has 0 unspecified atom stereocenters. The molecule has 1 aliphatic carbocycles. The second-order valence-electron chi connectivity index (χ2n) is 7.95. The van der Waals surface area contributed by atoms with Gasteiger partial charge in [-0.2, -0.15) is 11.8 Å². The number of aliphatic imine (C=N–C) groups is 1. The van der Waals surface area contributed by atoms with E-state index < -0.39 is 0 Å². The molecule has 0 aromatic heterocycles. The Balaban J connectivity index is 0.00000320. The highest BCUT2D eigenvalue weighted by molar-refractivity contribution is 14.0. The molecule has 30 heavy (non-hydrogen) atoms. The van der Waals surface area contributed by atoms with Crippen LogP contribution in [-0.2, 0) is 17.8 Å². The van der Waals surface area contributed by atoms with E-state index in [9.17, 15) is 4.79 Å². The minimum Gasteiger partial charge on any atom is -0.357 e. The lowest BCUT2D eigenvalue weighted by molar-refractivity contribution is -0.136. The lowest BCUT2D eigenvalue weighted by Crippen LogP contribution is -2.47. The van der Waals surface area contributed by atoms with Gasteiger partial charge in [-0.05, 0) is 50.2 Å². The van der Waals surface area contributed by atoms with Gasteiger partial charge in [0.05, 0.1) is 6.54 Å². The summed E-state index contributed by atoms with van der Waals surface area (Å²) in [6.07, 6.45) is 5.07. The molecule has 2 fully saturated rings. The molecule has 2 aliphatic rings. The molecule has 0 spiro atoms. The number of thioether (sulfide) groups is 1. The maximum Gasteiger partial charge on any atom is 0.225 e. The van der Waals surface area contributed by atoms with Gasteiger partial charge in [0, 0.05) is 43.1 Å². The van der Waals surface area contributed by atoms with Crippen molar-refractivity contribution in [2.24, 2.45) is 10.9 Å². The Morgan fingerprint density at radius 2 is 1.77 bits per heavy atom. The van der Waals surface area contributed by atoms with E-state index in [2.05, 4.69) is 53.6 Å². The Morgan fingerprint density at radius 1 is 1.10 bits per heavy atom. The maximum absolute atomic E-state index is 12.8. The van der Waals surface area contributed by atoms with E-state index in [0.717, 1.165) is 69.2 Å². The smallest absolute Gasteiger partial charge is 0.225 e. The summed E-state index contributed by atoms with van der Waals surface area (Å²) in [4.78, 5) is 19.7. The van der Waals surface area contributed by atoms with Crippen LogP contribution in [-0.4, -0.2) is 53.9 Å². The van der Waals surface area contributed by atoms with Crippen LogP contribution in [0.25, 0.3) is 0 Å². The van der Waals surface area contributed by atoms with Crippen LogP contribution in [0.4, 0.5) is 0 Å². The quantitative estimate of drug-likeness (QED) is 0.322. The van der Waals surface area contributed by atoms with E-state index in [-0.39, 0.29) is 29.9 Å². The SMILES string of the molecule is CCNC(=NCc1ccccc1CC)NC1CCC(C(=O)N2CCSCC2)CC1.I. The molecule has 7 heteroatoms. The van der Waals surface area contributed by atoms with Crippen LogP contribution in [0, 0.1) is 5.92 Å². The Labute approximate surface area is 203 Å². The number of carbonyl (C=O) groups is 1. The number of nitrogens with one attached hydrogen (secondary N) is 2. The summed E-state index contributed by atoms with van der Waals surface area (Å²) in [7, 11) is 0. The number of benzene rings is 1. The summed E-state index contributed by atoms with van der Waals surface area (Å²) in [5.74, 6) is 3.67. The third kappa shape index (κ3) is 7.32. The summed E-state index contributed by atoms with van der Waals surface area (Å²) in [6, 6.07) is 8.93. The predicted molar refractivity (Wildman–Crippen MR) is 139 cm³/mol. The number of aryl methyl sites for hydroxylation is 1. The summed E-state index contributed by atoms with van der Waals surface area (Å²) < 4.78 is 0. The zero-order valence-corrected chi connectivity index (χ0v) is 21.5. The molecule has 1 saturated carbocycles. The first kappa shape index (κ1) is 25.3.